The van der Waals surface area contributed by atoms with Crippen LogP contribution in [0.2, 0.25) is 0 Å². The van der Waals surface area contributed by atoms with Crippen LogP contribution in [0.15, 0.2) is 0 Å². The van der Waals surface area contributed by atoms with Gasteiger partial charge in [0, 0.05) is 18.6 Å². The van der Waals surface area contributed by atoms with Crippen LogP contribution in [0.1, 0.15) is 33.1 Å². The van der Waals surface area contributed by atoms with Gasteiger partial charge in [-0.25, -0.2) is 0 Å². The lowest BCUT2D eigenvalue weighted by atomic mass is 10.1. The summed E-state index contributed by atoms with van der Waals surface area (Å²) in [5.41, 5.74) is 0. The molecule has 3 nitrogen and oxygen atoms in total. The quantitative estimate of drug-likeness (QED) is 0.585. The van der Waals surface area contributed by atoms with Crippen LogP contribution in [-0.2, 0) is 0 Å². The summed E-state index contributed by atoms with van der Waals surface area (Å²) in [7, 11) is 0. The van der Waals surface area contributed by atoms with Gasteiger partial charge in [-0.3, -0.25) is 0 Å². The number of nitrogens with one attached hydrogen (secondary N) is 2. The van der Waals surface area contributed by atoms with Crippen molar-refractivity contribution < 1.29 is 5.11 Å². The van der Waals surface area contributed by atoms with Gasteiger partial charge in [-0.1, -0.05) is 0 Å². The lowest BCUT2D eigenvalue weighted by Crippen LogP contribution is -2.37. The lowest BCUT2D eigenvalue weighted by Gasteiger charge is -2.18. The third-order valence-electron chi connectivity index (χ3n) is 2.56. The molecule has 1 rings (SSSR count). The van der Waals surface area contributed by atoms with Crippen molar-refractivity contribution in [2.45, 2.75) is 51.3 Å². The van der Waals surface area contributed by atoms with Crippen LogP contribution in [0.25, 0.3) is 0 Å². The first kappa shape index (κ1) is 11.0. The van der Waals surface area contributed by atoms with Crippen LogP contribution in [0, 0.1) is 0 Å². The molecule has 0 amide bonds. The molecule has 1 heterocycles. The highest BCUT2D eigenvalue weighted by atomic mass is 16.3. The van der Waals surface area contributed by atoms with Gasteiger partial charge in [-0.15, -0.1) is 0 Å². The van der Waals surface area contributed by atoms with E-state index >= 15 is 0 Å². The summed E-state index contributed by atoms with van der Waals surface area (Å²) in [6.07, 6.45) is 3.56. The second kappa shape index (κ2) is 5.58. The lowest BCUT2D eigenvalue weighted by molar-refractivity contribution is 0.185. The highest BCUT2D eigenvalue weighted by Gasteiger charge is 2.16. The molecule has 0 aromatic carbocycles. The van der Waals surface area contributed by atoms with E-state index < -0.39 is 0 Å². The molecule has 3 N–H and O–H groups in total. The van der Waals surface area contributed by atoms with Gasteiger partial charge >= 0.3 is 0 Å². The highest BCUT2D eigenvalue weighted by Crippen LogP contribution is 2.10. The molecule has 3 heteroatoms. The predicted octanol–water partition coefficient (Wildman–Crippen LogP) is 0.487. The Bertz CT molecular complexity index is 133. The minimum absolute atomic E-state index is 0.237. The molecule has 0 saturated carbocycles. The monoisotopic (exact) mass is 186 g/mol. The molecule has 78 valence electrons. The molecule has 0 radical (unpaired) electrons. The topological polar surface area (TPSA) is 44.3 Å². The summed E-state index contributed by atoms with van der Waals surface area (Å²) in [5.74, 6) is 0. The van der Waals surface area contributed by atoms with Gasteiger partial charge in [-0.05, 0) is 39.7 Å². The van der Waals surface area contributed by atoms with E-state index in [0.29, 0.717) is 18.6 Å². The van der Waals surface area contributed by atoms with Crippen molar-refractivity contribution in [2.24, 2.45) is 0 Å². The third kappa shape index (κ3) is 4.60. The van der Waals surface area contributed by atoms with Crippen molar-refractivity contribution in [3.8, 4) is 0 Å². The average Bonchev–Trinajstić information content (AvgIpc) is 2.53. The van der Waals surface area contributed by atoms with E-state index in [9.17, 15) is 0 Å². The van der Waals surface area contributed by atoms with Crippen LogP contribution in [-0.4, -0.2) is 36.4 Å². The fourth-order valence-electron chi connectivity index (χ4n) is 1.84. The number of hydrogen-bond acceptors (Lipinski definition) is 3. The summed E-state index contributed by atoms with van der Waals surface area (Å²) in [4.78, 5) is 0. The maximum Gasteiger partial charge on any atom is 0.0636 e. The van der Waals surface area contributed by atoms with E-state index in [2.05, 4.69) is 17.6 Å². The first-order chi connectivity index (χ1) is 6.18. The smallest absolute Gasteiger partial charge is 0.0636 e. The van der Waals surface area contributed by atoms with Gasteiger partial charge in [0.2, 0.25) is 0 Å². The Morgan fingerprint density at radius 1 is 1.54 bits per heavy atom. The van der Waals surface area contributed by atoms with Gasteiger partial charge in [0.25, 0.3) is 0 Å². The molecule has 1 fully saturated rings. The van der Waals surface area contributed by atoms with E-state index in [1.165, 1.54) is 25.8 Å². The Morgan fingerprint density at radius 3 is 2.85 bits per heavy atom. The van der Waals surface area contributed by atoms with Crippen LogP contribution >= 0.6 is 0 Å². The van der Waals surface area contributed by atoms with Crippen molar-refractivity contribution in [2.75, 3.05) is 13.1 Å². The predicted molar refractivity (Wildman–Crippen MR) is 54.8 cm³/mol. The number of aliphatic hydroxyl groups excluding tert-OH is 1. The SMILES string of the molecule is CC(O)CNC(C)CC1CCCN1. The molecule has 0 bridgehead atoms. The number of hydrogen-bond donors (Lipinski definition) is 3. The average molecular weight is 186 g/mol. The van der Waals surface area contributed by atoms with Gasteiger partial charge in [0.1, 0.15) is 0 Å². The first-order valence-corrected chi connectivity index (χ1v) is 5.33. The van der Waals surface area contributed by atoms with Gasteiger partial charge in [0.15, 0.2) is 0 Å². The van der Waals surface area contributed by atoms with Crippen LogP contribution in [0.5, 0.6) is 0 Å². The summed E-state index contributed by atoms with van der Waals surface area (Å²) >= 11 is 0. The maximum absolute atomic E-state index is 9.08. The third-order valence-corrected chi connectivity index (χ3v) is 2.56. The zero-order valence-electron chi connectivity index (χ0n) is 8.71. The second-order valence-electron chi connectivity index (χ2n) is 4.19. The molecule has 3 unspecified atom stereocenters. The molecule has 0 aromatic rings. The molecular weight excluding hydrogens is 164 g/mol. The molecule has 0 aliphatic carbocycles. The zero-order chi connectivity index (χ0) is 9.68. The molecular formula is C10H22N2O. The largest absolute Gasteiger partial charge is 0.392 e. The Hall–Kier alpha value is -0.120. The number of aliphatic hydroxyl groups is 1. The Balaban J connectivity index is 2.05. The first-order valence-electron chi connectivity index (χ1n) is 5.33. The molecule has 3 atom stereocenters. The molecule has 1 aliphatic heterocycles. The number of rotatable bonds is 5. The van der Waals surface area contributed by atoms with Crippen molar-refractivity contribution in [3.05, 3.63) is 0 Å². The Kier molecular flexibility index (Phi) is 4.70. The van der Waals surface area contributed by atoms with E-state index in [0.717, 1.165) is 0 Å². The van der Waals surface area contributed by atoms with Crippen molar-refractivity contribution >= 4 is 0 Å². The normalized spacial score (nSPS) is 27.5. The second-order valence-corrected chi connectivity index (χ2v) is 4.19. The Morgan fingerprint density at radius 2 is 2.31 bits per heavy atom. The summed E-state index contributed by atoms with van der Waals surface area (Å²) < 4.78 is 0. The maximum atomic E-state index is 9.08. The fraction of sp³-hybridized carbons (Fsp3) is 1.00. The molecule has 1 saturated heterocycles. The minimum Gasteiger partial charge on any atom is -0.392 e. The summed E-state index contributed by atoms with van der Waals surface area (Å²) in [6, 6.07) is 1.20. The zero-order valence-corrected chi connectivity index (χ0v) is 8.71. The molecule has 0 spiro atoms. The fourth-order valence-corrected chi connectivity index (χ4v) is 1.84. The van der Waals surface area contributed by atoms with Crippen molar-refractivity contribution in [1.82, 2.24) is 10.6 Å². The summed E-state index contributed by atoms with van der Waals surface area (Å²) in [6.45, 7) is 5.87. The summed E-state index contributed by atoms with van der Waals surface area (Å²) in [5, 5.41) is 15.9. The van der Waals surface area contributed by atoms with E-state index in [4.69, 9.17) is 5.11 Å². The van der Waals surface area contributed by atoms with Gasteiger partial charge in [0.05, 0.1) is 6.10 Å². The van der Waals surface area contributed by atoms with E-state index in [1.54, 1.807) is 0 Å². The standard InChI is InChI=1S/C10H22N2O/c1-8(12-7-9(2)13)6-10-4-3-5-11-10/h8-13H,3-7H2,1-2H3. The molecule has 0 aromatic heterocycles. The minimum atomic E-state index is -0.237. The van der Waals surface area contributed by atoms with Crippen molar-refractivity contribution in [3.63, 3.8) is 0 Å². The van der Waals surface area contributed by atoms with E-state index in [-0.39, 0.29) is 6.10 Å². The van der Waals surface area contributed by atoms with Crippen molar-refractivity contribution in [1.29, 1.82) is 0 Å². The Labute approximate surface area is 80.9 Å². The van der Waals surface area contributed by atoms with Crippen LogP contribution in [0.4, 0.5) is 0 Å². The highest BCUT2D eigenvalue weighted by molar-refractivity contribution is 4.78. The van der Waals surface area contributed by atoms with Gasteiger partial charge < -0.3 is 15.7 Å². The van der Waals surface area contributed by atoms with Crippen LogP contribution < -0.4 is 10.6 Å². The van der Waals surface area contributed by atoms with Crippen LogP contribution in [0.3, 0.4) is 0 Å². The molecule has 13 heavy (non-hydrogen) atoms. The van der Waals surface area contributed by atoms with Gasteiger partial charge in [-0.2, -0.15) is 0 Å². The molecule has 1 aliphatic rings. The van der Waals surface area contributed by atoms with E-state index in [1.807, 2.05) is 6.92 Å².